The van der Waals surface area contributed by atoms with Crippen molar-refractivity contribution in [3.05, 3.63) is 64.2 Å². The lowest BCUT2D eigenvalue weighted by molar-refractivity contribution is 0.196. The van der Waals surface area contributed by atoms with Crippen molar-refractivity contribution < 1.29 is 9.90 Å². The molecule has 0 bridgehead atoms. The number of fused-ring (bicyclic) bond motifs is 1. The van der Waals surface area contributed by atoms with Gasteiger partial charge < -0.3 is 15.3 Å². The van der Waals surface area contributed by atoms with Crippen LogP contribution in [0.15, 0.2) is 42.5 Å². The number of benzene rings is 2. The Kier molecular flexibility index (Phi) is 5.26. The third kappa shape index (κ3) is 4.20. The Bertz CT molecular complexity index is 716. The van der Waals surface area contributed by atoms with Gasteiger partial charge in [0.25, 0.3) is 0 Å². The largest absolute Gasteiger partial charge is 0.508 e. The van der Waals surface area contributed by atoms with Gasteiger partial charge in [0.05, 0.1) is 0 Å². The molecule has 2 aromatic rings. The number of aromatic hydroxyl groups is 1. The summed E-state index contributed by atoms with van der Waals surface area (Å²) in [6.07, 6.45) is 2.57. The highest BCUT2D eigenvalue weighted by atomic mass is 35.5. The summed E-state index contributed by atoms with van der Waals surface area (Å²) < 4.78 is 0. The highest BCUT2D eigenvalue weighted by Crippen LogP contribution is 2.22. The maximum absolute atomic E-state index is 12.4. The maximum Gasteiger partial charge on any atom is 0.317 e. The lowest BCUT2D eigenvalue weighted by Crippen LogP contribution is -2.40. The number of hydrogen-bond acceptors (Lipinski definition) is 2. The molecular formula is C19H21ClN2O2. The zero-order valence-electron chi connectivity index (χ0n) is 13.5. The maximum atomic E-state index is 12.4. The molecule has 1 heterocycles. The third-order valence-corrected chi connectivity index (χ3v) is 4.57. The van der Waals surface area contributed by atoms with Gasteiger partial charge in [-0.2, -0.15) is 0 Å². The van der Waals surface area contributed by atoms with E-state index in [1.807, 2.05) is 35.2 Å². The summed E-state index contributed by atoms with van der Waals surface area (Å²) in [4.78, 5) is 14.3. The summed E-state index contributed by atoms with van der Waals surface area (Å²) in [5, 5.41) is 13.3. The van der Waals surface area contributed by atoms with Gasteiger partial charge in [-0.1, -0.05) is 29.8 Å². The Morgan fingerprint density at radius 3 is 2.75 bits per heavy atom. The van der Waals surface area contributed by atoms with Gasteiger partial charge in [0, 0.05) is 24.7 Å². The lowest BCUT2D eigenvalue weighted by Gasteiger charge is -2.21. The standard InChI is InChI=1S/C19H21ClN2O2/c20-17-6-3-14(4-7-17)9-10-21-19(24)22-11-1-2-15-12-18(23)8-5-16(15)13-22/h3-8,12,23H,1-2,9-11,13H2,(H,21,24). The summed E-state index contributed by atoms with van der Waals surface area (Å²) in [6, 6.07) is 13.0. The SMILES string of the molecule is O=C(NCCc1ccc(Cl)cc1)N1CCCc2cc(O)ccc2C1. The average Bonchev–Trinajstić information content (AvgIpc) is 2.78. The molecule has 0 spiro atoms. The molecular weight excluding hydrogens is 324 g/mol. The topological polar surface area (TPSA) is 52.6 Å². The van der Waals surface area contributed by atoms with Crippen LogP contribution in [0.25, 0.3) is 0 Å². The summed E-state index contributed by atoms with van der Waals surface area (Å²) in [5.74, 6) is 0.287. The van der Waals surface area contributed by atoms with E-state index in [1.54, 1.807) is 12.1 Å². The summed E-state index contributed by atoms with van der Waals surface area (Å²) in [7, 11) is 0. The number of urea groups is 1. The van der Waals surface area contributed by atoms with Crippen LogP contribution in [0.2, 0.25) is 5.02 Å². The second kappa shape index (κ2) is 7.58. The molecule has 1 aliphatic heterocycles. The first kappa shape index (κ1) is 16.7. The molecule has 24 heavy (non-hydrogen) atoms. The molecule has 1 aliphatic rings. The number of amides is 2. The van der Waals surface area contributed by atoms with Crippen LogP contribution in [-0.2, 0) is 19.4 Å². The predicted molar refractivity (Wildman–Crippen MR) is 95.4 cm³/mol. The Labute approximate surface area is 147 Å². The van der Waals surface area contributed by atoms with Gasteiger partial charge in [0.15, 0.2) is 0 Å². The van der Waals surface area contributed by atoms with Crippen LogP contribution >= 0.6 is 11.6 Å². The van der Waals surface area contributed by atoms with Crippen molar-refractivity contribution in [2.75, 3.05) is 13.1 Å². The number of phenols is 1. The van der Waals surface area contributed by atoms with Crippen LogP contribution in [0.3, 0.4) is 0 Å². The van der Waals surface area contributed by atoms with Crippen molar-refractivity contribution in [2.45, 2.75) is 25.8 Å². The van der Waals surface area contributed by atoms with E-state index in [2.05, 4.69) is 5.32 Å². The Morgan fingerprint density at radius 1 is 1.17 bits per heavy atom. The Morgan fingerprint density at radius 2 is 1.96 bits per heavy atom. The molecule has 5 heteroatoms. The number of aryl methyl sites for hydroxylation is 1. The van der Waals surface area contributed by atoms with Crippen LogP contribution in [0.5, 0.6) is 5.75 Å². The minimum absolute atomic E-state index is 0.0371. The van der Waals surface area contributed by atoms with E-state index in [4.69, 9.17) is 11.6 Å². The van der Waals surface area contributed by atoms with Crippen molar-refractivity contribution in [3.63, 3.8) is 0 Å². The molecule has 2 aromatic carbocycles. The summed E-state index contributed by atoms with van der Waals surface area (Å²) in [5.41, 5.74) is 3.39. The summed E-state index contributed by atoms with van der Waals surface area (Å²) in [6.45, 7) is 1.91. The molecule has 0 fully saturated rings. The third-order valence-electron chi connectivity index (χ3n) is 4.32. The molecule has 2 amide bonds. The van der Waals surface area contributed by atoms with Crippen molar-refractivity contribution in [2.24, 2.45) is 0 Å². The van der Waals surface area contributed by atoms with Gasteiger partial charge in [-0.05, 0) is 60.2 Å². The van der Waals surface area contributed by atoms with Gasteiger partial charge in [0.1, 0.15) is 5.75 Å². The quantitative estimate of drug-likeness (QED) is 0.891. The number of halogens is 1. The highest BCUT2D eigenvalue weighted by Gasteiger charge is 2.18. The number of phenolic OH excluding ortho intramolecular Hbond substituents is 1. The van der Waals surface area contributed by atoms with Crippen molar-refractivity contribution >= 4 is 17.6 Å². The average molecular weight is 345 g/mol. The molecule has 0 radical (unpaired) electrons. The van der Waals surface area contributed by atoms with E-state index in [0.717, 1.165) is 47.5 Å². The molecule has 126 valence electrons. The Balaban J connectivity index is 1.55. The number of nitrogens with one attached hydrogen (secondary N) is 1. The first-order valence-corrected chi connectivity index (χ1v) is 8.57. The van der Waals surface area contributed by atoms with Crippen molar-refractivity contribution in [3.8, 4) is 5.75 Å². The Hall–Kier alpha value is -2.20. The van der Waals surface area contributed by atoms with Gasteiger partial charge in [-0.25, -0.2) is 4.79 Å². The molecule has 3 rings (SSSR count). The van der Waals surface area contributed by atoms with Crippen molar-refractivity contribution in [1.82, 2.24) is 10.2 Å². The van der Waals surface area contributed by atoms with E-state index in [0.29, 0.717) is 13.1 Å². The molecule has 0 unspecified atom stereocenters. The molecule has 0 aliphatic carbocycles. The number of hydrogen-bond donors (Lipinski definition) is 2. The molecule has 2 N–H and O–H groups in total. The predicted octanol–water partition coefficient (Wildman–Crippen LogP) is 3.75. The van der Waals surface area contributed by atoms with E-state index < -0.39 is 0 Å². The summed E-state index contributed by atoms with van der Waals surface area (Å²) >= 11 is 5.87. The first-order valence-electron chi connectivity index (χ1n) is 8.20. The fraction of sp³-hybridized carbons (Fsp3) is 0.316. The fourth-order valence-corrected chi connectivity index (χ4v) is 3.12. The zero-order chi connectivity index (χ0) is 16.9. The second-order valence-electron chi connectivity index (χ2n) is 6.09. The van der Waals surface area contributed by atoms with Crippen molar-refractivity contribution in [1.29, 1.82) is 0 Å². The minimum atomic E-state index is -0.0371. The van der Waals surface area contributed by atoms with E-state index in [9.17, 15) is 9.90 Å². The van der Waals surface area contributed by atoms with Crippen LogP contribution < -0.4 is 5.32 Å². The van der Waals surface area contributed by atoms with Gasteiger partial charge >= 0.3 is 6.03 Å². The van der Waals surface area contributed by atoms with Crippen LogP contribution in [-0.4, -0.2) is 29.1 Å². The van der Waals surface area contributed by atoms with Gasteiger partial charge in [-0.3, -0.25) is 0 Å². The molecule has 0 saturated carbocycles. The van der Waals surface area contributed by atoms with Gasteiger partial charge in [0.2, 0.25) is 0 Å². The van der Waals surface area contributed by atoms with E-state index >= 15 is 0 Å². The highest BCUT2D eigenvalue weighted by molar-refractivity contribution is 6.30. The number of carbonyl (C=O) groups excluding carboxylic acids is 1. The molecule has 4 nitrogen and oxygen atoms in total. The number of carbonyl (C=O) groups is 1. The van der Waals surface area contributed by atoms with E-state index in [-0.39, 0.29) is 11.8 Å². The fourth-order valence-electron chi connectivity index (χ4n) is 2.99. The normalized spacial score (nSPS) is 14.0. The zero-order valence-corrected chi connectivity index (χ0v) is 14.2. The van der Waals surface area contributed by atoms with Crippen LogP contribution in [0.1, 0.15) is 23.1 Å². The molecule has 0 aromatic heterocycles. The second-order valence-corrected chi connectivity index (χ2v) is 6.52. The number of nitrogens with zero attached hydrogens (tertiary/aromatic N) is 1. The molecule has 0 saturated heterocycles. The van der Waals surface area contributed by atoms with Gasteiger partial charge in [-0.15, -0.1) is 0 Å². The smallest absolute Gasteiger partial charge is 0.317 e. The number of rotatable bonds is 3. The van der Waals surface area contributed by atoms with E-state index in [1.165, 1.54) is 0 Å². The monoisotopic (exact) mass is 344 g/mol. The first-order chi connectivity index (χ1) is 11.6. The lowest BCUT2D eigenvalue weighted by atomic mass is 10.0. The molecule has 0 atom stereocenters. The minimum Gasteiger partial charge on any atom is -0.508 e. The van der Waals surface area contributed by atoms with Crippen LogP contribution in [0.4, 0.5) is 4.79 Å². The van der Waals surface area contributed by atoms with Crippen LogP contribution in [0, 0.1) is 0 Å².